The van der Waals surface area contributed by atoms with Gasteiger partial charge in [0.2, 0.25) is 5.95 Å². The first-order chi connectivity index (χ1) is 7.70. The fourth-order valence-corrected chi connectivity index (χ4v) is 1.92. The second kappa shape index (κ2) is 4.57. The summed E-state index contributed by atoms with van der Waals surface area (Å²) in [5.74, 6) is 0.920. The van der Waals surface area contributed by atoms with Crippen LogP contribution in [-0.4, -0.2) is 40.6 Å². The first kappa shape index (κ1) is 11.0. The predicted octanol–water partition coefficient (Wildman–Crippen LogP) is 0.496. The molecule has 5 heteroatoms. The van der Waals surface area contributed by atoms with Crippen LogP contribution in [0.15, 0.2) is 12.4 Å². The molecule has 1 aromatic rings. The zero-order valence-electron chi connectivity index (χ0n) is 9.21. The summed E-state index contributed by atoms with van der Waals surface area (Å²) in [6.07, 6.45) is 4.43. The zero-order valence-corrected chi connectivity index (χ0v) is 9.21. The first-order valence-corrected chi connectivity index (χ1v) is 5.41. The highest BCUT2D eigenvalue weighted by Gasteiger charge is 2.27. The van der Waals surface area contributed by atoms with Gasteiger partial charge >= 0.3 is 0 Å². The van der Waals surface area contributed by atoms with Crippen LogP contribution in [0, 0.1) is 5.92 Å². The molecule has 0 radical (unpaired) electrons. The van der Waals surface area contributed by atoms with Crippen molar-refractivity contribution in [1.29, 1.82) is 0 Å². The van der Waals surface area contributed by atoms with Gasteiger partial charge in [-0.25, -0.2) is 9.97 Å². The highest BCUT2D eigenvalue weighted by atomic mass is 16.3. The number of rotatable bonds is 3. The SMILES string of the molecule is CC(O)C1CCN(c2ncc(C=O)cn2)C1. The number of carbonyl (C=O) groups excluding carboxylic acids is 1. The molecule has 1 saturated heterocycles. The van der Waals surface area contributed by atoms with Gasteiger partial charge in [0.1, 0.15) is 0 Å². The maximum Gasteiger partial charge on any atom is 0.225 e. The summed E-state index contributed by atoms with van der Waals surface area (Å²) in [5, 5.41) is 9.49. The van der Waals surface area contributed by atoms with Gasteiger partial charge in [0, 0.05) is 31.4 Å². The number of carbonyl (C=O) groups is 1. The molecule has 2 rings (SSSR count). The van der Waals surface area contributed by atoms with Crippen molar-refractivity contribution < 1.29 is 9.90 Å². The summed E-state index contributed by atoms with van der Waals surface area (Å²) in [6, 6.07) is 0. The third-order valence-corrected chi connectivity index (χ3v) is 2.98. The summed E-state index contributed by atoms with van der Waals surface area (Å²) in [5.41, 5.74) is 0.482. The first-order valence-electron chi connectivity index (χ1n) is 5.41. The second-order valence-corrected chi connectivity index (χ2v) is 4.17. The molecule has 16 heavy (non-hydrogen) atoms. The largest absolute Gasteiger partial charge is 0.393 e. The van der Waals surface area contributed by atoms with Gasteiger partial charge in [-0.2, -0.15) is 0 Å². The van der Waals surface area contributed by atoms with Crippen molar-refractivity contribution in [2.45, 2.75) is 19.4 Å². The minimum absolute atomic E-state index is 0.286. The number of anilines is 1. The van der Waals surface area contributed by atoms with E-state index in [4.69, 9.17) is 0 Å². The Morgan fingerprint density at radius 1 is 1.56 bits per heavy atom. The summed E-state index contributed by atoms with van der Waals surface area (Å²) >= 11 is 0. The Labute approximate surface area is 94.1 Å². The molecule has 86 valence electrons. The molecule has 2 atom stereocenters. The monoisotopic (exact) mass is 221 g/mol. The van der Waals surface area contributed by atoms with Crippen molar-refractivity contribution in [3.8, 4) is 0 Å². The maximum absolute atomic E-state index is 10.5. The molecule has 1 aliphatic heterocycles. The molecule has 0 aliphatic carbocycles. The van der Waals surface area contributed by atoms with Crippen molar-refractivity contribution in [2.24, 2.45) is 5.92 Å². The van der Waals surface area contributed by atoms with Crippen molar-refractivity contribution in [3.05, 3.63) is 18.0 Å². The average Bonchev–Trinajstić information content (AvgIpc) is 2.78. The number of hydrogen-bond donors (Lipinski definition) is 1. The quantitative estimate of drug-likeness (QED) is 0.753. The van der Waals surface area contributed by atoms with E-state index in [1.165, 1.54) is 12.4 Å². The van der Waals surface area contributed by atoms with Crippen LogP contribution in [0.3, 0.4) is 0 Å². The van der Waals surface area contributed by atoms with Crippen molar-refractivity contribution in [1.82, 2.24) is 9.97 Å². The lowest BCUT2D eigenvalue weighted by molar-refractivity contribution is 0.112. The molecule has 0 amide bonds. The van der Waals surface area contributed by atoms with E-state index in [2.05, 4.69) is 9.97 Å². The molecule has 1 aliphatic rings. The number of nitrogens with zero attached hydrogens (tertiary/aromatic N) is 3. The minimum Gasteiger partial charge on any atom is -0.393 e. The minimum atomic E-state index is -0.292. The van der Waals surface area contributed by atoms with Crippen LogP contribution >= 0.6 is 0 Å². The van der Waals surface area contributed by atoms with Crippen LogP contribution in [0.5, 0.6) is 0 Å². The van der Waals surface area contributed by atoms with E-state index in [1.807, 2.05) is 11.8 Å². The Balaban J connectivity index is 2.05. The van der Waals surface area contributed by atoms with Crippen molar-refractivity contribution in [2.75, 3.05) is 18.0 Å². The molecule has 2 unspecified atom stereocenters. The molecule has 1 N–H and O–H groups in total. The zero-order chi connectivity index (χ0) is 11.5. The summed E-state index contributed by atoms with van der Waals surface area (Å²) in [6.45, 7) is 3.44. The van der Waals surface area contributed by atoms with E-state index in [1.54, 1.807) is 0 Å². The van der Waals surface area contributed by atoms with E-state index in [0.29, 0.717) is 11.5 Å². The smallest absolute Gasteiger partial charge is 0.225 e. The Morgan fingerprint density at radius 2 is 2.25 bits per heavy atom. The van der Waals surface area contributed by atoms with Crippen molar-refractivity contribution in [3.63, 3.8) is 0 Å². The molecule has 0 aromatic carbocycles. The number of hydrogen-bond acceptors (Lipinski definition) is 5. The van der Waals surface area contributed by atoms with Crippen LogP contribution in [0.25, 0.3) is 0 Å². The maximum atomic E-state index is 10.5. The highest BCUT2D eigenvalue weighted by molar-refractivity contribution is 5.73. The van der Waals surface area contributed by atoms with Gasteiger partial charge in [-0.15, -0.1) is 0 Å². The van der Waals surface area contributed by atoms with Crippen LogP contribution < -0.4 is 4.90 Å². The number of aliphatic hydroxyl groups is 1. The standard InChI is InChI=1S/C11H15N3O2/c1-8(16)10-2-3-14(6-10)11-12-4-9(7-15)5-13-11/h4-5,7-8,10,16H,2-3,6H2,1H3. The summed E-state index contributed by atoms with van der Waals surface area (Å²) in [4.78, 5) is 20.7. The molecule has 1 aromatic heterocycles. The predicted molar refractivity (Wildman–Crippen MR) is 59.4 cm³/mol. The Bertz CT molecular complexity index is 364. The number of aldehydes is 1. The number of aliphatic hydroxyl groups excluding tert-OH is 1. The van der Waals surface area contributed by atoms with E-state index in [9.17, 15) is 9.90 Å². The van der Waals surface area contributed by atoms with E-state index in [0.717, 1.165) is 25.8 Å². The van der Waals surface area contributed by atoms with Gasteiger partial charge in [-0.05, 0) is 13.3 Å². The Hall–Kier alpha value is -1.49. The van der Waals surface area contributed by atoms with Gasteiger partial charge in [0.15, 0.2) is 6.29 Å². The van der Waals surface area contributed by atoms with Gasteiger partial charge in [0.25, 0.3) is 0 Å². The van der Waals surface area contributed by atoms with Gasteiger partial charge in [-0.3, -0.25) is 4.79 Å². The van der Waals surface area contributed by atoms with Crippen LogP contribution in [0.4, 0.5) is 5.95 Å². The highest BCUT2D eigenvalue weighted by Crippen LogP contribution is 2.22. The van der Waals surface area contributed by atoms with Crippen LogP contribution in [0.1, 0.15) is 23.7 Å². The van der Waals surface area contributed by atoms with E-state index in [-0.39, 0.29) is 12.0 Å². The average molecular weight is 221 g/mol. The molecule has 0 bridgehead atoms. The second-order valence-electron chi connectivity index (χ2n) is 4.17. The molecular weight excluding hydrogens is 206 g/mol. The lowest BCUT2D eigenvalue weighted by atomic mass is 10.0. The topological polar surface area (TPSA) is 66.3 Å². The normalized spacial score (nSPS) is 22.1. The molecule has 5 nitrogen and oxygen atoms in total. The Morgan fingerprint density at radius 3 is 2.75 bits per heavy atom. The molecule has 0 spiro atoms. The Kier molecular flexibility index (Phi) is 3.14. The number of aromatic nitrogens is 2. The third-order valence-electron chi connectivity index (χ3n) is 2.98. The fraction of sp³-hybridized carbons (Fsp3) is 0.545. The van der Waals surface area contributed by atoms with Crippen LogP contribution in [0.2, 0.25) is 0 Å². The van der Waals surface area contributed by atoms with Gasteiger partial charge < -0.3 is 10.0 Å². The van der Waals surface area contributed by atoms with Crippen molar-refractivity contribution >= 4 is 12.2 Å². The molecular formula is C11H15N3O2. The molecule has 0 saturated carbocycles. The molecule has 1 fully saturated rings. The molecule has 2 heterocycles. The van der Waals surface area contributed by atoms with Crippen LogP contribution in [-0.2, 0) is 0 Å². The lowest BCUT2D eigenvalue weighted by Crippen LogP contribution is -2.25. The van der Waals surface area contributed by atoms with E-state index < -0.39 is 0 Å². The summed E-state index contributed by atoms with van der Waals surface area (Å²) < 4.78 is 0. The van der Waals surface area contributed by atoms with Gasteiger partial charge in [-0.1, -0.05) is 0 Å². The van der Waals surface area contributed by atoms with Gasteiger partial charge in [0.05, 0.1) is 11.7 Å². The fourth-order valence-electron chi connectivity index (χ4n) is 1.92. The summed E-state index contributed by atoms with van der Waals surface area (Å²) in [7, 11) is 0. The van der Waals surface area contributed by atoms with E-state index >= 15 is 0 Å². The lowest BCUT2D eigenvalue weighted by Gasteiger charge is -2.17. The third kappa shape index (κ3) is 2.19.